The first-order valence-electron chi connectivity index (χ1n) is 10.3. The Bertz CT molecular complexity index is 1070. The van der Waals surface area contributed by atoms with Gasteiger partial charge in [-0.05, 0) is 36.9 Å². The predicted molar refractivity (Wildman–Crippen MR) is 122 cm³/mol. The fourth-order valence-electron chi connectivity index (χ4n) is 2.86. The normalized spacial score (nSPS) is 17.1. The van der Waals surface area contributed by atoms with E-state index in [1.807, 2.05) is 5.38 Å². The summed E-state index contributed by atoms with van der Waals surface area (Å²) < 4.78 is 49.4. The second-order valence-electron chi connectivity index (χ2n) is 7.01. The van der Waals surface area contributed by atoms with Crippen molar-refractivity contribution < 1.29 is 42.1 Å². The van der Waals surface area contributed by atoms with Crippen LogP contribution in [0.1, 0.15) is 37.0 Å². The number of nitrogens with one attached hydrogen (secondary N) is 1. The van der Waals surface area contributed by atoms with E-state index in [0.717, 1.165) is 0 Å². The van der Waals surface area contributed by atoms with Crippen LogP contribution in [-0.2, 0) is 14.3 Å². The highest BCUT2D eigenvalue weighted by atomic mass is 32.1. The Morgan fingerprint density at radius 1 is 1.23 bits per heavy atom. The lowest BCUT2D eigenvalue weighted by Crippen LogP contribution is -2.58. The molecule has 13 heteroatoms. The number of para-hydroxylation sites is 2. The molecule has 35 heavy (non-hydrogen) atoms. The minimum absolute atomic E-state index is 0.0433. The number of anilines is 1. The van der Waals surface area contributed by atoms with Crippen molar-refractivity contribution in [3.05, 3.63) is 46.7 Å². The van der Waals surface area contributed by atoms with Crippen LogP contribution in [0.3, 0.4) is 0 Å². The monoisotopic (exact) mass is 515 g/mol. The maximum atomic E-state index is 13.2. The van der Waals surface area contributed by atoms with Gasteiger partial charge in [0.15, 0.2) is 0 Å². The van der Waals surface area contributed by atoms with Gasteiger partial charge in [0.25, 0.3) is 5.72 Å². The fraction of sp³-hybridized carbons (Fsp3) is 0.364. The summed E-state index contributed by atoms with van der Waals surface area (Å²) in [6.45, 7) is 3.76. The number of hydrazone groups is 1. The van der Waals surface area contributed by atoms with Crippen molar-refractivity contribution in [1.29, 1.82) is 0 Å². The number of hydrogen-bond acceptors (Lipinski definition) is 8. The number of hydrogen-bond donors (Lipinski definition) is 2. The maximum absolute atomic E-state index is 13.2. The lowest BCUT2D eigenvalue weighted by Gasteiger charge is -2.32. The lowest BCUT2D eigenvalue weighted by molar-refractivity contribution is -0.301. The molecule has 2 aromatic rings. The number of alkyl halides is 3. The molecule has 1 aromatic heterocycles. The SMILES string of the molecule is CCC1=NN(C(=O)C(=O)Nc2ccccc2OC)C(O)(C(F)(F)F)C1.CCOC(=O)c1ccsc1. The summed E-state index contributed by atoms with van der Waals surface area (Å²) in [4.78, 5) is 35.1. The molecule has 1 atom stereocenters. The number of halogens is 3. The average Bonchev–Trinajstić information content (AvgIpc) is 3.48. The van der Waals surface area contributed by atoms with Crippen molar-refractivity contribution in [3.63, 3.8) is 0 Å². The van der Waals surface area contributed by atoms with Crippen molar-refractivity contribution in [3.8, 4) is 5.75 Å². The molecule has 2 heterocycles. The van der Waals surface area contributed by atoms with E-state index in [1.165, 1.54) is 43.6 Å². The number of amides is 2. The number of thiophene rings is 1. The van der Waals surface area contributed by atoms with Gasteiger partial charge in [-0.1, -0.05) is 19.1 Å². The lowest BCUT2D eigenvalue weighted by atomic mass is 10.1. The molecule has 0 aliphatic carbocycles. The van der Waals surface area contributed by atoms with Gasteiger partial charge in [0, 0.05) is 17.5 Å². The van der Waals surface area contributed by atoms with Gasteiger partial charge in [-0.15, -0.1) is 0 Å². The van der Waals surface area contributed by atoms with Gasteiger partial charge in [0.1, 0.15) is 5.75 Å². The molecule has 0 spiro atoms. The van der Waals surface area contributed by atoms with Crippen molar-refractivity contribution >= 4 is 40.5 Å². The van der Waals surface area contributed by atoms with Crippen LogP contribution in [0.2, 0.25) is 0 Å². The molecule has 1 unspecified atom stereocenters. The first-order chi connectivity index (χ1) is 16.5. The smallest absolute Gasteiger partial charge is 0.438 e. The molecule has 190 valence electrons. The van der Waals surface area contributed by atoms with E-state index < -0.39 is 30.1 Å². The Balaban J connectivity index is 0.000000360. The summed E-state index contributed by atoms with van der Waals surface area (Å²) in [5.41, 5.74) is -2.85. The van der Waals surface area contributed by atoms with Gasteiger partial charge in [0.2, 0.25) is 0 Å². The van der Waals surface area contributed by atoms with Crippen LogP contribution in [-0.4, -0.2) is 59.2 Å². The highest BCUT2D eigenvalue weighted by Gasteiger charge is 2.63. The molecule has 9 nitrogen and oxygen atoms in total. The van der Waals surface area contributed by atoms with E-state index in [9.17, 15) is 32.7 Å². The van der Waals surface area contributed by atoms with Crippen LogP contribution in [0.25, 0.3) is 0 Å². The van der Waals surface area contributed by atoms with Crippen LogP contribution in [0.15, 0.2) is 46.2 Å². The highest BCUT2D eigenvalue weighted by molar-refractivity contribution is 7.08. The average molecular weight is 516 g/mol. The van der Waals surface area contributed by atoms with Gasteiger partial charge in [-0.2, -0.15) is 34.6 Å². The zero-order chi connectivity index (χ0) is 26.2. The zero-order valence-electron chi connectivity index (χ0n) is 19.1. The Morgan fingerprint density at radius 2 is 1.91 bits per heavy atom. The number of ether oxygens (including phenoxy) is 2. The van der Waals surface area contributed by atoms with E-state index >= 15 is 0 Å². The second kappa shape index (κ2) is 11.8. The molecule has 1 aliphatic heterocycles. The minimum Gasteiger partial charge on any atom is -0.495 e. The summed E-state index contributed by atoms with van der Waals surface area (Å²) in [6, 6.07) is 7.80. The first-order valence-corrected chi connectivity index (χ1v) is 11.3. The Labute approximate surface area is 203 Å². The van der Waals surface area contributed by atoms with E-state index in [1.54, 1.807) is 24.4 Å². The molecule has 3 rings (SSSR count). The van der Waals surface area contributed by atoms with Gasteiger partial charge in [-0.25, -0.2) is 4.79 Å². The van der Waals surface area contributed by atoms with E-state index in [4.69, 9.17) is 9.47 Å². The number of aliphatic hydroxyl groups is 1. The topological polar surface area (TPSA) is 118 Å². The molecule has 0 saturated carbocycles. The van der Waals surface area contributed by atoms with Gasteiger partial charge >= 0.3 is 24.0 Å². The molecule has 2 amide bonds. The number of rotatable bonds is 5. The number of nitrogens with zero attached hydrogens (tertiary/aromatic N) is 2. The zero-order valence-corrected chi connectivity index (χ0v) is 19.9. The number of benzene rings is 1. The van der Waals surface area contributed by atoms with Crippen molar-refractivity contribution in [2.45, 2.75) is 38.6 Å². The predicted octanol–water partition coefficient (Wildman–Crippen LogP) is 3.81. The quantitative estimate of drug-likeness (QED) is 0.462. The summed E-state index contributed by atoms with van der Waals surface area (Å²) >= 11 is 1.49. The maximum Gasteiger partial charge on any atom is 0.438 e. The van der Waals surface area contributed by atoms with Crippen LogP contribution in [0.4, 0.5) is 18.9 Å². The molecular formula is C22H24F3N3O6S. The fourth-order valence-corrected chi connectivity index (χ4v) is 3.49. The third-order valence-corrected chi connectivity index (χ3v) is 5.36. The molecule has 0 bridgehead atoms. The van der Waals surface area contributed by atoms with Crippen LogP contribution >= 0.6 is 11.3 Å². The second-order valence-corrected chi connectivity index (χ2v) is 7.79. The first kappa shape index (κ1) is 27.8. The van der Waals surface area contributed by atoms with Crippen molar-refractivity contribution in [2.75, 3.05) is 19.0 Å². The standard InChI is InChI=1S/C15H16F3N3O4.C7H8O2S/c1-3-9-8-14(24,15(16,17)18)21(20-9)13(23)12(22)19-10-6-4-5-7-11(10)25-2;1-2-9-7(8)6-3-4-10-5-6/h4-7,24H,3,8H2,1-2H3,(H,19,22);3-5H,2H2,1H3. The highest BCUT2D eigenvalue weighted by Crippen LogP contribution is 2.40. The molecule has 1 aliphatic rings. The van der Waals surface area contributed by atoms with Gasteiger partial charge in [-0.3, -0.25) is 9.59 Å². The Hall–Kier alpha value is -3.45. The van der Waals surface area contributed by atoms with Crippen LogP contribution < -0.4 is 10.1 Å². The van der Waals surface area contributed by atoms with Crippen LogP contribution in [0.5, 0.6) is 5.75 Å². The van der Waals surface area contributed by atoms with E-state index in [-0.39, 0.29) is 34.5 Å². The van der Waals surface area contributed by atoms with E-state index in [2.05, 4.69) is 10.4 Å². The number of carbonyl (C=O) groups excluding carboxylic acids is 3. The molecule has 2 N–H and O–H groups in total. The summed E-state index contributed by atoms with van der Waals surface area (Å²) in [5, 5.41) is 19.0. The molecule has 1 aromatic carbocycles. The molecule has 0 fully saturated rings. The summed E-state index contributed by atoms with van der Waals surface area (Å²) in [6.07, 6.45) is -5.98. The third kappa shape index (κ3) is 6.57. The minimum atomic E-state index is -5.17. The van der Waals surface area contributed by atoms with Gasteiger partial charge in [0.05, 0.1) is 25.0 Å². The number of carbonyl (C=O) groups is 3. The van der Waals surface area contributed by atoms with Crippen molar-refractivity contribution in [1.82, 2.24) is 5.01 Å². The summed E-state index contributed by atoms with van der Waals surface area (Å²) in [7, 11) is 1.33. The van der Waals surface area contributed by atoms with Crippen LogP contribution in [0, 0.1) is 0 Å². The summed E-state index contributed by atoms with van der Waals surface area (Å²) in [5.74, 6) is -3.03. The molecular weight excluding hydrogens is 491 g/mol. The Morgan fingerprint density at radius 3 is 2.46 bits per heavy atom. The largest absolute Gasteiger partial charge is 0.495 e. The molecule has 0 radical (unpaired) electrons. The Kier molecular flexibility index (Phi) is 9.37. The van der Waals surface area contributed by atoms with E-state index in [0.29, 0.717) is 12.2 Å². The van der Waals surface area contributed by atoms with Gasteiger partial charge < -0.3 is 19.9 Å². The number of methoxy groups -OCH3 is 1. The number of esters is 1. The third-order valence-electron chi connectivity index (χ3n) is 4.68. The van der Waals surface area contributed by atoms with Crippen molar-refractivity contribution in [2.24, 2.45) is 5.10 Å². The molecule has 0 saturated heterocycles.